The lowest BCUT2D eigenvalue weighted by Gasteiger charge is -2.10. The molecule has 2 aromatic rings. The molecule has 0 amide bonds. The number of hydrogen-bond acceptors (Lipinski definition) is 1. The van der Waals surface area contributed by atoms with Crippen LogP contribution in [0.25, 0.3) is 11.1 Å². The fourth-order valence-corrected chi connectivity index (χ4v) is 1.87. The zero-order chi connectivity index (χ0) is 13.3. The summed E-state index contributed by atoms with van der Waals surface area (Å²) in [6.45, 7) is 1.53. The van der Waals surface area contributed by atoms with E-state index < -0.39 is 23.2 Å². The molecular formula is C14H10F2O2. The summed E-state index contributed by atoms with van der Waals surface area (Å²) < 4.78 is 27.0. The van der Waals surface area contributed by atoms with Crippen LogP contribution in [0, 0.1) is 18.6 Å². The van der Waals surface area contributed by atoms with Crippen LogP contribution < -0.4 is 0 Å². The van der Waals surface area contributed by atoms with Crippen molar-refractivity contribution < 1.29 is 18.7 Å². The highest BCUT2D eigenvalue weighted by molar-refractivity contribution is 5.96. The molecule has 0 unspecified atom stereocenters. The quantitative estimate of drug-likeness (QED) is 0.880. The van der Waals surface area contributed by atoms with Gasteiger partial charge < -0.3 is 5.11 Å². The maximum absolute atomic E-state index is 13.5. The van der Waals surface area contributed by atoms with Gasteiger partial charge in [0.15, 0.2) is 0 Å². The van der Waals surface area contributed by atoms with E-state index >= 15 is 0 Å². The first-order chi connectivity index (χ1) is 8.52. The lowest BCUT2D eigenvalue weighted by Crippen LogP contribution is -2.04. The van der Waals surface area contributed by atoms with Crippen LogP contribution >= 0.6 is 0 Å². The van der Waals surface area contributed by atoms with E-state index in [4.69, 9.17) is 5.11 Å². The monoisotopic (exact) mass is 248 g/mol. The summed E-state index contributed by atoms with van der Waals surface area (Å²) in [6.07, 6.45) is 0. The Labute approximate surface area is 103 Å². The molecule has 2 rings (SSSR count). The van der Waals surface area contributed by atoms with E-state index in [1.807, 2.05) is 0 Å². The van der Waals surface area contributed by atoms with Crippen LogP contribution in [0.2, 0.25) is 0 Å². The van der Waals surface area contributed by atoms with E-state index in [-0.39, 0.29) is 5.56 Å². The van der Waals surface area contributed by atoms with Crippen LogP contribution in [0.5, 0.6) is 0 Å². The second kappa shape index (κ2) is 4.56. The highest BCUT2D eigenvalue weighted by Gasteiger charge is 2.18. The third-order valence-electron chi connectivity index (χ3n) is 2.79. The molecule has 0 saturated carbocycles. The number of aromatic carboxylic acids is 1. The topological polar surface area (TPSA) is 37.3 Å². The van der Waals surface area contributed by atoms with Crippen molar-refractivity contribution in [2.45, 2.75) is 6.92 Å². The van der Waals surface area contributed by atoms with E-state index in [2.05, 4.69) is 0 Å². The molecule has 0 aliphatic rings. The van der Waals surface area contributed by atoms with Crippen molar-refractivity contribution in [3.63, 3.8) is 0 Å². The van der Waals surface area contributed by atoms with E-state index in [9.17, 15) is 13.6 Å². The predicted molar refractivity (Wildman–Crippen MR) is 63.5 cm³/mol. The van der Waals surface area contributed by atoms with Crippen molar-refractivity contribution in [2.75, 3.05) is 0 Å². The summed E-state index contributed by atoms with van der Waals surface area (Å²) in [5.74, 6) is -2.65. The Balaban J connectivity index is 2.75. The van der Waals surface area contributed by atoms with E-state index in [0.717, 1.165) is 6.07 Å². The maximum Gasteiger partial charge on any atom is 0.339 e. The van der Waals surface area contributed by atoms with Gasteiger partial charge in [0.25, 0.3) is 0 Å². The Morgan fingerprint density at radius 3 is 2.17 bits per heavy atom. The first-order valence-corrected chi connectivity index (χ1v) is 5.29. The summed E-state index contributed by atoms with van der Waals surface area (Å²) in [5.41, 5.74) is 0.420. The Morgan fingerprint density at radius 1 is 1.00 bits per heavy atom. The summed E-state index contributed by atoms with van der Waals surface area (Å²) in [6, 6.07) is 8.25. The minimum atomic E-state index is -1.37. The number of carboxylic acid groups (broad SMARTS) is 1. The van der Waals surface area contributed by atoms with Gasteiger partial charge in [0.05, 0.1) is 0 Å². The molecule has 0 radical (unpaired) electrons. The van der Waals surface area contributed by atoms with Crippen LogP contribution in [-0.2, 0) is 0 Å². The van der Waals surface area contributed by atoms with Crippen molar-refractivity contribution >= 4 is 5.97 Å². The number of hydrogen-bond donors (Lipinski definition) is 1. The van der Waals surface area contributed by atoms with Crippen LogP contribution in [0.15, 0.2) is 36.4 Å². The average molecular weight is 248 g/mol. The lowest BCUT2D eigenvalue weighted by atomic mass is 9.95. The number of halogens is 2. The van der Waals surface area contributed by atoms with E-state index in [1.165, 1.54) is 31.2 Å². The van der Waals surface area contributed by atoms with Crippen molar-refractivity contribution in [1.82, 2.24) is 0 Å². The number of carboxylic acids is 1. The fraction of sp³-hybridized carbons (Fsp3) is 0.0714. The first kappa shape index (κ1) is 12.2. The summed E-state index contributed by atoms with van der Waals surface area (Å²) in [5, 5.41) is 9.03. The van der Waals surface area contributed by atoms with E-state index in [1.54, 1.807) is 6.07 Å². The first-order valence-electron chi connectivity index (χ1n) is 5.29. The zero-order valence-corrected chi connectivity index (χ0v) is 9.58. The number of benzene rings is 2. The normalized spacial score (nSPS) is 10.4. The molecule has 0 aromatic heterocycles. The number of carbonyl (C=O) groups is 1. The van der Waals surface area contributed by atoms with Gasteiger partial charge in [-0.1, -0.05) is 24.3 Å². The molecule has 2 nitrogen and oxygen atoms in total. The Kier molecular flexibility index (Phi) is 3.10. The fourth-order valence-electron chi connectivity index (χ4n) is 1.87. The molecule has 0 bridgehead atoms. The lowest BCUT2D eigenvalue weighted by molar-refractivity contribution is 0.0693. The summed E-state index contributed by atoms with van der Waals surface area (Å²) >= 11 is 0. The molecule has 0 aliphatic carbocycles. The molecule has 1 N–H and O–H groups in total. The van der Waals surface area contributed by atoms with Gasteiger partial charge in [0.2, 0.25) is 0 Å². The smallest absolute Gasteiger partial charge is 0.339 e. The highest BCUT2D eigenvalue weighted by Crippen LogP contribution is 2.29. The van der Waals surface area contributed by atoms with Crippen molar-refractivity contribution in [2.24, 2.45) is 0 Å². The zero-order valence-electron chi connectivity index (χ0n) is 9.58. The molecule has 0 heterocycles. The number of rotatable bonds is 2. The molecule has 2 aromatic carbocycles. The SMILES string of the molecule is Cc1c(F)cccc1-c1cccc(F)c1C(=O)O. The largest absolute Gasteiger partial charge is 0.478 e. The molecule has 0 saturated heterocycles. The third kappa shape index (κ3) is 1.97. The molecule has 18 heavy (non-hydrogen) atoms. The van der Waals surface area contributed by atoms with Crippen LogP contribution in [-0.4, -0.2) is 11.1 Å². The minimum absolute atomic E-state index is 0.180. The van der Waals surface area contributed by atoms with Crippen LogP contribution in [0.1, 0.15) is 15.9 Å². The molecule has 4 heteroatoms. The van der Waals surface area contributed by atoms with Crippen molar-refractivity contribution in [3.05, 3.63) is 59.2 Å². The van der Waals surface area contributed by atoms with Crippen LogP contribution in [0.4, 0.5) is 8.78 Å². The van der Waals surface area contributed by atoms with E-state index in [0.29, 0.717) is 11.1 Å². The second-order valence-electron chi connectivity index (χ2n) is 3.88. The standard InChI is InChI=1S/C14H10F2O2/c1-8-9(4-2-6-11(8)15)10-5-3-7-12(16)13(10)14(17)18/h2-7H,1H3,(H,17,18). The Hall–Kier alpha value is -2.23. The van der Waals surface area contributed by atoms with Gasteiger partial charge in [-0.3, -0.25) is 0 Å². The molecule has 92 valence electrons. The molecule has 0 spiro atoms. The maximum atomic E-state index is 13.5. The van der Waals surface area contributed by atoms with Gasteiger partial charge in [-0.05, 0) is 35.7 Å². The van der Waals surface area contributed by atoms with Gasteiger partial charge in [-0.25, -0.2) is 13.6 Å². The van der Waals surface area contributed by atoms with Crippen LogP contribution in [0.3, 0.4) is 0 Å². The predicted octanol–water partition coefficient (Wildman–Crippen LogP) is 3.64. The van der Waals surface area contributed by atoms with Gasteiger partial charge >= 0.3 is 5.97 Å². The Bertz CT molecular complexity index is 621. The molecule has 0 fully saturated rings. The summed E-state index contributed by atoms with van der Waals surface area (Å²) in [4.78, 5) is 11.1. The minimum Gasteiger partial charge on any atom is -0.478 e. The molecule has 0 aliphatic heterocycles. The highest BCUT2D eigenvalue weighted by atomic mass is 19.1. The Morgan fingerprint density at radius 2 is 1.56 bits per heavy atom. The van der Waals surface area contributed by atoms with Crippen molar-refractivity contribution in [1.29, 1.82) is 0 Å². The van der Waals surface area contributed by atoms with Gasteiger partial charge in [-0.15, -0.1) is 0 Å². The van der Waals surface area contributed by atoms with Gasteiger partial charge in [0.1, 0.15) is 17.2 Å². The van der Waals surface area contributed by atoms with Gasteiger partial charge in [-0.2, -0.15) is 0 Å². The van der Waals surface area contributed by atoms with Crippen molar-refractivity contribution in [3.8, 4) is 11.1 Å². The average Bonchev–Trinajstić information content (AvgIpc) is 2.32. The van der Waals surface area contributed by atoms with Gasteiger partial charge in [0, 0.05) is 0 Å². The second-order valence-corrected chi connectivity index (χ2v) is 3.88. The molecular weight excluding hydrogens is 238 g/mol. The summed E-state index contributed by atoms with van der Waals surface area (Å²) in [7, 11) is 0. The third-order valence-corrected chi connectivity index (χ3v) is 2.79. The molecule has 0 atom stereocenters.